The van der Waals surface area contributed by atoms with Crippen molar-refractivity contribution in [1.82, 2.24) is 10.6 Å². The van der Waals surface area contributed by atoms with Gasteiger partial charge in [0.25, 0.3) is 11.1 Å². The normalized spacial score (nSPS) is 16.3. The van der Waals surface area contributed by atoms with Crippen LogP contribution >= 0.6 is 11.8 Å². The highest BCUT2D eigenvalue weighted by Gasteiger charge is 2.32. The molecule has 0 aromatic heterocycles. The van der Waals surface area contributed by atoms with Crippen molar-refractivity contribution in [3.63, 3.8) is 0 Å². The summed E-state index contributed by atoms with van der Waals surface area (Å²) >= 11 is 0.611. The maximum Gasteiger partial charge on any atom is 0.416 e. The molecule has 2 amide bonds. The molecule has 2 aromatic rings. The first-order valence-corrected chi connectivity index (χ1v) is 9.62. The van der Waals surface area contributed by atoms with Crippen LogP contribution in [0, 0.1) is 0 Å². The molecule has 0 spiro atoms. The van der Waals surface area contributed by atoms with E-state index in [9.17, 15) is 27.6 Å². The second-order valence-corrected chi connectivity index (χ2v) is 7.50. The van der Waals surface area contributed by atoms with Gasteiger partial charge in [-0.1, -0.05) is 18.2 Å². The molecule has 1 atom stereocenters. The summed E-state index contributed by atoms with van der Waals surface area (Å²) in [7, 11) is 1.40. The molecule has 0 saturated carbocycles. The molecule has 0 aliphatic carbocycles. The highest BCUT2D eigenvalue weighted by atomic mass is 32.2. The standard InChI is InChI=1S/C20H17F3N2O4S/c1-29-16-7-4-12(9-15-18(27)30-19(28)25-15)8-14(16)17(26)24-10-11-2-5-13(6-3-11)20(21,22)23/h2-8,15H,9-10H2,1H3,(H,24,26)(H,25,28). The number of hydrogen-bond donors (Lipinski definition) is 2. The highest BCUT2D eigenvalue weighted by molar-refractivity contribution is 8.26. The van der Waals surface area contributed by atoms with E-state index in [-0.39, 0.29) is 23.6 Å². The second kappa shape index (κ2) is 8.78. The maximum atomic E-state index is 12.6. The van der Waals surface area contributed by atoms with Gasteiger partial charge in [0, 0.05) is 24.7 Å². The Balaban J connectivity index is 1.69. The average Bonchev–Trinajstić information content (AvgIpc) is 3.02. The Morgan fingerprint density at radius 1 is 1.13 bits per heavy atom. The molecule has 1 unspecified atom stereocenters. The maximum absolute atomic E-state index is 12.6. The van der Waals surface area contributed by atoms with Crippen LogP contribution in [0.2, 0.25) is 0 Å². The Morgan fingerprint density at radius 2 is 1.80 bits per heavy atom. The predicted octanol–water partition coefficient (Wildman–Crippen LogP) is 3.54. The van der Waals surface area contributed by atoms with E-state index in [0.29, 0.717) is 28.6 Å². The number of thioether (sulfide) groups is 1. The van der Waals surface area contributed by atoms with E-state index in [4.69, 9.17) is 4.74 Å². The Labute approximate surface area is 174 Å². The van der Waals surface area contributed by atoms with Crippen LogP contribution in [0.5, 0.6) is 5.75 Å². The minimum atomic E-state index is -4.42. The summed E-state index contributed by atoms with van der Waals surface area (Å²) in [4.78, 5) is 35.7. The smallest absolute Gasteiger partial charge is 0.416 e. The van der Waals surface area contributed by atoms with E-state index < -0.39 is 28.9 Å². The molecule has 0 radical (unpaired) electrons. The number of benzene rings is 2. The SMILES string of the molecule is COc1ccc(CC2NC(=O)SC2=O)cc1C(=O)NCc1ccc(C(F)(F)F)cc1. The van der Waals surface area contributed by atoms with Gasteiger partial charge in [-0.05, 0) is 35.4 Å². The van der Waals surface area contributed by atoms with E-state index in [1.807, 2.05) is 0 Å². The lowest BCUT2D eigenvalue weighted by atomic mass is 10.0. The van der Waals surface area contributed by atoms with E-state index in [0.717, 1.165) is 12.1 Å². The Bertz CT molecular complexity index is 977. The summed E-state index contributed by atoms with van der Waals surface area (Å²) in [5, 5.41) is 4.50. The summed E-state index contributed by atoms with van der Waals surface area (Å²) in [6.45, 7) is 0.0260. The van der Waals surface area contributed by atoms with E-state index in [1.54, 1.807) is 18.2 Å². The molecule has 1 aliphatic rings. The van der Waals surface area contributed by atoms with E-state index in [2.05, 4.69) is 10.6 Å². The molecule has 6 nitrogen and oxygen atoms in total. The van der Waals surface area contributed by atoms with Gasteiger partial charge in [-0.3, -0.25) is 14.4 Å². The minimum Gasteiger partial charge on any atom is -0.496 e. The van der Waals surface area contributed by atoms with Gasteiger partial charge in [0.05, 0.1) is 18.2 Å². The number of amides is 2. The predicted molar refractivity (Wildman–Crippen MR) is 104 cm³/mol. The Hall–Kier alpha value is -3.01. The monoisotopic (exact) mass is 438 g/mol. The molecule has 1 saturated heterocycles. The fraction of sp³-hybridized carbons (Fsp3) is 0.250. The van der Waals surface area contributed by atoms with Crippen molar-refractivity contribution >= 4 is 28.0 Å². The van der Waals surface area contributed by atoms with Crippen LogP contribution in [0.3, 0.4) is 0 Å². The van der Waals surface area contributed by atoms with Crippen molar-refractivity contribution in [3.8, 4) is 5.75 Å². The molecular formula is C20H17F3N2O4S. The van der Waals surface area contributed by atoms with Crippen LogP contribution in [0.25, 0.3) is 0 Å². The third kappa shape index (κ3) is 5.12. The summed E-state index contributed by atoms with van der Waals surface area (Å²) in [5.41, 5.74) is 0.601. The molecule has 1 heterocycles. The zero-order chi connectivity index (χ0) is 21.9. The van der Waals surface area contributed by atoms with Crippen molar-refractivity contribution in [2.45, 2.75) is 25.2 Å². The van der Waals surface area contributed by atoms with E-state index in [1.165, 1.54) is 19.2 Å². The number of rotatable bonds is 6. The lowest BCUT2D eigenvalue weighted by Gasteiger charge is -2.13. The Morgan fingerprint density at radius 3 is 2.37 bits per heavy atom. The summed E-state index contributed by atoms with van der Waals surface area (Å²) in [6, 6.07) is 8.65. The largest absolute Gasteiger partial charge is 0.496 e. The molecule has 0 bridgehead atoms. The molecule has 2 aromatic carbocycles. The zero-order valence-corrected chi connectivity index (χ0v) is 16.5. The second-order valence-electron chi connectivity index (χ2n) is 6.52. The summed E-state index contributed by atoms with van der Waals surface area (Å²) in [5.74, 6) is -0.176. The number of ether oxygens (including phenoxy) is 1. The van der Waals surface area contributed by atoms with Crippen LogP contribution in [-0.2, 0) is 23.9 Å². The van der Waals surface area contributed by atoms with Crippen LogP contribution in [-0.4, -0.2) is 29.4 Å². The van der Waals surface area contributed by atoms with Crippen molar-refractivity contribution in [1.29, 1.82) is 0 Å². The average molecular weight is 438 g/mol. The molecule has 3 rings (SSSR count). The first kappa shape index (κ1) is 21.7. The number of hydrogen-bond acceptors (Lipinski definition) is 5. The number of carbonyl (C=O) groups excluding carboxylic acids is 3. The van der Waals surface area contributed by atoms with E-state index >= 15 is 0 Å². The summed E-state index contributed by atoms with van der Waals surface area (Å²) < 4.78 is 43.1. The van der Waals surface area contributed by atoms with Gasteiger partial charge in [0.1, 0.15) is 11.8 Å². The molecular weight excluding hydrogens is 421 g/mol. The molecule has 1 aliphatic heterocycles. The van der Waals surface area contributed by atoms with Gasteiger partial charge in [-0.25, -0.2) is 0 Å². The van der Waals surface area contributed by atoms with Crippen molar-refractivity contribution in [3.05, 3.63) is 64.7 Å². The zero-order valence-electron chi connectivity index (χ0n) is 15.7. The van der Waals surface area contributed by atoms with Gasteiger partial charge >= 0.3 is 6.18 Å². The summed E-state index contributed by atoms with van der Waals surface area (Å²) in [6.07, 6.45) is -4.20. The fourth-order valence-corrected chi connectivity index (χ4v) is 3.58. The van der Waals surface area contributed by atoms with Gasteiger partial charge in [0.2, 0.25) is 5.12 Å². The minimum absolute atomic E-state index is 0.0260. The first-order chi connectivity index (χ1) is 14.2. The topological polar surface area (TPSA) is 84.5 Å². The van der Waals surface area contributed by atoms with Gasteiger partial charge < -0.3 is 15.4 Å². The lowest BCUT2D eigenvalue weighted by Crippen LogP contribution is -2.31. The van der Waals surface area contributed by atoms with Crippen molar-refractivity contribution in [2.75, 3.05) is 7.11 Å². The third-order valence-electron chi connectivity index (χ3n) is 4.45. The van der Waals surface area contributed by atoms with Gasteiger partial charge in [0.15, 0.2) is 0 Å². The molecule has 158 valence electrons. The number of methoxy groups -OCH3 is 1. The van der Waals surface area contributed by atoms with Gasteiger partial charge in [-0.2, -0.15) is 13.2 Å². The quantitative estimate of drug-likeness (QED) is 0.721. The number of alkyl halides is 3. The fourth-order valence-electron chi connectivity index (χ4n) is 2.91. The number of carbonyl (C=O) groups is 3. The first-order valence-electron chi connectivity index (χ1n) is 8.81. The number of halogens is 3. The lowest BCUT2D eigenvalue weighted by molar-refractivity contribution is -0.137. The van der Waals surface area contributed by atoms with Crippen molar-refractivity contribution < 1.29 is 32.3 Å². The van der Waals surface area contributed by atoms with Crippen LogP contribution < -0.4 is 15.4 Å². The Kier molecular flexibility index (Phi) is 6.35. The van der Waals surface area contributed by atoms with Crippen molar-refractivity contribution in [2.24, 2.45) is 0 Å². The van der Waals surface area contributed by atoms with Crippen LogP contribution in [0.1, 0.15) is 27.0 Å². The third-order valence-corrected chi connectivity index (χ3v) is 5.24. The van der Waals surface area contributed by atoms with Crippen LogP contribution in [0.15, 0.2) is 42.5 Å². The molecule has 30 heavy (non-hydrogen) atoms. The molecule has 10 heteroatoms. The molecule has 1 fully saturated rings. The molecule has 2 N–H and O–H groups in total. The van der Waals surface area contributed by atoms with Crippen LogP contribution in [0.4, 0.5) is 18.0 Å². The highest BCUT2D eigenvalue weighted by Crippen LogP contribution is 2.29. The number of nitrogens with one attached hydrogen (secondary N) is 2. The van der Waals surface area contributed by atoms with Gasteiger partial charge in [-0.15, -0.1) is 0 Å².